The molecule has 0 radical (unpaired) electrons. The third-order valence-corrected chi connectivity index (χ3v) is 5.63. The topological polar surface area (TPSA) is 80.0 Å². The van der Waals surface area contributed by atoms with E-state index < -0.39 is 5.91 Å². The average Bonchev–Trinajstić information content (AvgIpc) is 3.38. The summed E-state index contributed by atoms with van der Waals surface area (Å²) in [6.07, 6.45) is 2.87. The molecule has 0 bridgehead atoms. The van der Waals surface area contributed by atoms with Crippen molar-refractivity contribution in [1.82, 2.24) is 14.1 Å². The molecule has 0 aliphatic heterocycles. The van der Waals surface area contributed by atoms with Gasteiger partial charge in [0.2, 0.25) is 5.91 Å². The van der Waals surface area contributed by atoms with Crippen LogP contribution in [0.25, 0.3) is 28.4 Å². The van der Waals surface area contributed by atoms with Crippen molar-refractivity contribution in [3.8, 4) is 11.3 Å². The van der Waals surface area contributed by atoms with Gasteiger partial charge in [0.05, 0.1) is 22.4 Å². The van der Waals surface area contributed by atoms with E-state index in [9.17, 15) is 4.79 Å². The summed E-state index contributed by atoms with van der Waals surface area (Å²) >= 11 is 18.5. The number of furan rings is 1. The lowest BCUT2D eigenvalue weighted by atomic mass is 10.1. The zero-order valence-electron chi connectivity index (χ0n) is 16.0. The molecule has 156 valence electrons. The van der Waals surface area contributed by atoms with Gasteiger partial charge < -0.3 is 9.73 Å². The highest BCUT2D eigenvalue weighted by atomic mass is 35.5. The molecule has 10 heteroatoms. The zero-order valence-corrected chi connectivity index (χ0v) is 19.1. The maximum Gasteiger partial charge on any atom is 0.250 e. The number of rotatable bonds is 4. The van der Waals surface area contributed by atoms with Gasteiger partial charge in [-0.2, -0.15) is 8.75 Å². The van der Waals surface area contributed by atoms with Gasteiger partial charge in [-0.15, -0.1) is 0 Å². The fourth-order valence-electron chi connectivity index (χ4n) is 2.84. The zero-order chi connectivity index (χ0) is 22.0. The first-order valence-electron chi connectivity index (χ1n) is 8.98. The second-order valence-corrected chi connectivity index (χ2v) is 8.27. The quantitative estimate of drug-likeness (QED) is 0.267. The molecule has 2 N–H and O–H groups in total. The molecule has 0 saturated heterocycles. The monoisotopic (exact) mass is 488 g/mol. The summed E-state index contributed by atoms with van der Waals surface area (Å²) in [6, 6.07) is 12.4. The lowest BCUT2D eigenvalue weighted by molar-refractivity contribution is -0.115. The predicted octanol–water partition coefficient (Wildman–Crippen LogP) is 6.09. The van der Waals surface area contributed by atoms with Gasteiger partial charge in [-0.1, -0.05) is 29.3 Å². The molecule has 4 rings (SSSR count). The molecule has 0 saturated carbocycles. The van der Waals surface area contributed by atoms with Crippen LogP contribution in [-0.4, -0.2) is 19.8 Å². The number of anilines is 1. The molecule has 0 fully saturated rings. The molecule has 2 aromatic carbocycles. The summed E-state index contributed by atoms with van der Waals surface area (Å²) in [5.74, 6) is 0.657. The number of carbonyl (C=O) groups is 1. The Bertz CT molecular complexity index is 1330. The lowest BCUT2D eigenvalue weighted by Gasteiger charge is -2.10. The SMILES string of the molecule is Cc1ccc2nsnc2c1NC(=S)NC(=O)/C=C/c1ccc(-c2ccc(Cl)cc2Cl)o1. The number of benzene rings is 2. The molecular weight excluding hydrogens is 475 g/mol. The summed E-state index contributed by atoms with van der Waals surface area (Å²) in [4.78, 5) is 12.3. The number of hydrogen-bond acceptors (Lipinski definition) is 6. The molecule has 0 atom stereocenters. The van der Waals surface area contributed by atoms with Crippen molar-refractivity contribution in [3.63, 3.8) is 0 Å². The van der Waals surface area contributed by atoms with E-state index in [0.29, 0.717) is 32.6 Å². The van der Waals surface area contributed by atoms with Crippen LogP contribution in [0.3, 0.4) is 0 Å². The van der Waals surface area contributed by atoms with Crippen LogP contribution < -0.4 is 10.6 Å². The van der Waals surface area contributed by atoms with Gasteiger partial charge in [0.15, 0.2) is 5.11 Å². The van der Waals surface area contributed by atoms with Crippen LogP contribution in [0.15, 0.2) is 53.0 Å². The Kier molecular flexibility index (Phi) is 6.33. The lowest BCUT2D eigenvalue weighted by Crippen LogP contribution is -2.33. The first kappa shape index (κ1) is 21.5. The minimum atomic E-state index is -0.402. The normalized spacial score (nSPS) is 11.2. The van der Waals surface area contributed by atoms with Crippen molar-refractivity contribution in [1.29, 1.82) is 0 Å². The fourth-order valence-corrected chi connectivity index (χ4v) is 4.09. The van der Waals surface area contributed by atoms with Crippen LogP contribution in [0.5, 0.6) is 0 Å². The van der Waals surface area contributed by atoms with E-state index in [4.69, 9.17) is 39.8 Å². The standard InChI is InChI=1S/C21H14Cl2N4O2S2/c1-11-2-7-16-20(27-31-26-16)19(11)25-21(30)24-18(28)9-5-13-4-8-17(29-13)14-6-3-12(22)10-15(14)23/h2-10H,1H3,(H2,24,25,28,30)/b9-5+. The third-order valence-electron chi connectivity index (χ3n) is 4.33. The van der Waals surface area contributed by atoms with E-state index in [2.05, 4.69) is 19.4 Å². The number of amides is 1. The van der Waals surface area contributed by atoms with Crippen molar-refractivity contribution in [3.05, 3.63) is 69.9 Å². The van der Waals surface area contributed by atoms with Gasteiger partial charge in [0.1, 0.15) is 22.6 Å². The Hall–Kier alpha value is -2.78. The summed E-state index contributed by atoms with van der Waals surface area (Å²) < 4.78 is 14.2. The molecule has 1 amide bonds. The van der Waals surface area contributed by atoms with Crippen LogP contribution in [0.1, 0.15) is 11.3 Å². The van der Waals surface area contributed by atoms with Crippen molar-refractivity contribution in [2.45, 2.75) is 6.92 Å². The van der Waals surface area contributed by atoms with Gasteiger partial charge >= 0.3 is 0 Å². The van der Waals surface area contributed by atoms with Crippen molar-refractivity contribution < 1.29 is 9.21 Å². The third kappa shape index (κ3) is 4.94. The highest BCUT2D eigenvalue weighted by molar-refractivity contribution is 7.80. The van der Waals surface area contributed by atoms with Crippen molar-refractivity contribution in [2.75, 3.05) is 5.32 Å². The van der Waals surface area contributed by atoms with Crippen LogP contribution in [0.2, 0.25) is 10.0 Å². The number of carbonyl (C=O) groups excluding carboxylic acids is 1. The number of nitrogens with one attached hydrogen (secondary N) is 2. The Balaban J connectivity index is 1.41. The number of thiocarbonyl (C=S) groups is 1. The van der Waals surface area contributed by atoms with E-state index in [-0.39, 0.29) is 5.11 Å². The summed E-state index contributed by atoms with van der Waals surface area (Å²) in [5, 5.41) is 6.81. The van der Waals surface area contributed by atoms with Gasteiger partial charge in [-0.25, -0.2) is 0 Å². The van der Waals surface area contributed by atoms with Crippen molar-refractivity contribution in [2.24, 2.45) is 0 Å². The number of aryl methyl sites for hydroxylation is 1. The van der Waals surface area contributed by atoms with Crippen LogP contribution >= 0.6 is 47.1 Å². The molecule has 6 nitrogen and oxygen atoms in total. The molecule has 0 spiro atoms. The van der Waals surface area contributed by atoms with E-state index in [1.807, 2.05) is 19.1 Å². The van der Waals surface area contributed by atoms with Gasteiger partial charge in [0.25, 0.3) is 0 Å². The molecule has 0 aliphatic carbocycles. The number of fused-ring (bicyclic) bond motifs is 1. The van der Waals surface area contributed by atoms with Crippen molar-refractivity contribution >= 4 is 81.0 Å². The van der Waals surface area contributed by atoms with Crippen LogP contribution in [0.4, 0.5) is 5.69 Å². The van der Waals surface area contributed by atoms with Crippen LogP contribution in [-0.2, 0) is 4.79 Å². The molecule has 31 heavy (non-hydrogen) atoms. The summed E-state index contributed by atoms with van der Waals surface area (Å²) in [6.45, 7) is 1.92. The minimum Gasteiger partial charge on any atom is -0.457 e. The van der Waals surface area contributed by atoms with Crippen LogP contribution in [0, 0.1) is 6.92 Å². The molecule has 0 aliphatic rings. The Morgan fingerprint density at radius 2 is 2.00 bits per heavy atom. The maximum absolute atomic E-state index is 12.3. The Morgan fingerprint density at radius 3 is 2.81 bits per heavy atom. The molecule has 4 aromatic rings. The Morgan fingerprint density at radius 1 is 1.16 bits per heavy atom. The van der Waals surface area contributed by atoms with E-state index in [1.165, 1.54) is 6.08 Å². The predicted molar refractivity (Wildman–Crippen MR) is 130 cm³/mol. The second kappa shape index (κ2) is 9.15. The summed E-state index contributed by atoms with van der Waals surface area (Å²) in [7, 11) is 0. The highest BCUT2D eigenvalue weighted by Crippen LogP contribution is 2.31. The van der Waals surface area contributed by atoms with Gasteiger partial charge in [-0.05, 0) is 67.2 Å². The molecule has 2 aromatic heterocycles. The smallest absolute Gasteiger partial charge is 0.250 e. The highest BCUT2D eigenvalue weighted by Gasteiger charge is 2.11. The number of halogens is 2. The second-order valence-electron chi connectivity index (χ2n) is 6.49. The first-order valence-corrected chi connectivity index (χ1v) is 10.9. The van der Waals surface area contributed by atoms with Gasteiger partial charge in [0, 0.05) is 16.7 Å². The first-order chi connectivity index (χ1) is 14.9. The summed E-state index contributed by atoms with van der Waals surface area (Å²) in [5.41, 5.74) is 3.84. The molecule has 2 heterocycles. The largest absolute Gasteiger partial charge is 0.457 e. The molecule has 0 unspecified atom stereocenters. The van der Waals surface area contributed by atoms with Gasteiger partial charge in [-0.3, -0.25) is 10.1 Å². The number of nitrogens with zero attached hydrogens (tertiary/aromatic N) is 2. The number of aromatic nitrogens is 2. The number of hydrogen-bond donors (Lipinski definition) is 2. The fraction of sp³-hybridized carbons (Fsp3) is 0.0476. The Labute approximate surface area is 197 Å². The van der Waals surface area contributed by atoms with E-state index in [1.54, 1.807) is 36.4 Å². The van der Waals surface area contributed by atoms with E-state index >= 15 is 0 Å². The maximum atomic E-state index is 12.3. The minimum absolute atomic E-state index is 0.159. The average molecular weight is 489 g/mol. The molecular formula is C21H14Cl2N4O2S2. The van der Waals surface area contributed by atoms with E-state index in [0.717, 1.165) is 28.5 Å².